The van der Waals surface area contributed by atoms with E-state index >= 15 is 0 Å². The minimum Gasteiger partial charge on any atom is -0.321 e. The highest BCUT2D eigenvalue weighted by atomic mass is 79.9. The van der Waals surface area contributed by atoms with Crippen LogP contribution in [-0.4, -0.2) is 10.9 Å². The number of amides is 1. The van der Waals surface area contributed by atoms with Crippen molar-refractivity contribution < 1.29 is 9.18 Å². The molecule has 0 saturated carbocycles. The molecule has 0 aliphatic rings. The van der Waals surface area contributed by atoms with E-state index in [1.807, 2.05) is 0 Å². The Morgan fingerprint density at radius 3 is 2.72 bits per heavy atom. The van der Waals surface area contributed by atoms with Crippen molar-refractivity contribution in [2.24, 2.45) is 0 Å². The zero-order chi connectivity index (χ0) is 13.1. The highest BCUT2D eigenvalue weighted by molar-refractivity contribution is 9.10. The Morgan fingerprint density at radius 1 is 1.33 bits per heavy atom. The Hall–Kier alpha value is -1.46. The van der Waals surface area contributed by atoms with Gasteiger partial charge in [-0.1, -0.05) is 11.6 Å². The van der Waals surface area contributed by atoms with Crippen LogP contribution in [0.15, 0.2) is 41.0 Å². The summed E-state index contributed by atoms with van der Waals surface area (Å²) in [7, 11) is 0. The molecule has 0 unspecified atom stereocenters. The highest BCUT2D eigenvalue weighted by Gasteiger charge is 2.08. The van der Waals surface area contributed by atoms with Crippen LogP contribution >= 0.6 is 27.5 Å². The van der Waals surface area contributed by atoms with Gasteiger partial charge in [-0.15, -0.1) is 0 Å². The van der Waals surface area contributed by atoms with Crippen LogP contribution in [-0.2, 0) is 0 Å². The van der Waals surface area contributed by atoms with Crippen LogP contribution in [0.25, 0.3) is 0 Å². The molecule has 2 aromatic rings. The molecule has 0 aliphatic heterocycles. The molecule has 0 radical (unpaired) electrons. The maximum Gasteiger partial charge on any atom is 0.255 e. The van der Waals surface area contributed by atoms with Crippen molar-refractivity contribution >= 4 is 39.1 Å². The Labute approximate surface area is 116 Å². The van der Waals surface area contributed by atoms with Gasteiger partial charge in [0.25, 0.3) is 5.91 Å². The van der Waals surface area contributed by atoms with Crippen molar-refractivity contribution in [3.8, 4) is 0 Å². The molecule has 0 aliphatic carbocycles. The molecule has 0 atom stereocenters. The van der Waals surface area contributed by atoms with Gasteiger partial charge in [-0.25, -0.2) is 9.37 Å². The first kappa shape index (κ1) is 13.0. The number of hydrogen-bond acceptors (Lipinski definition) is 2. The fourth-order valence-corrected chi connectivity index (χ4v) is 1.78. The first-order chi connectivity index (χ1) is 8.56. The fourth-order valence-electron chi connectivity index (χ4n) is 1.29. The number of aromatic nitrogens is 1. The van der Waals surface area contributed by atoms with Crippen molar-refractivity contribution in [2.45, 2.75) is 0 Å². The van der Waals surface area contributed by atoms with Gasteiger partial charge >= 0.3 is 0 Å². The van der Waals surface area contributed by atoms with Crippen LogP contribution in [0.3, 0.4) is 0 Å². The highest BCUT2D eigenvalue weighted by Crippen LogP contribution is 2.18. The van der Waals surface area contributed by atoms with Crippen LogP contribution in [0.1, 0.15) is 10.4 Å². The standard InChI is InChI=1S/C12H7BrClFN2O/c13-9-5-7(1-3-10(9)15)12(18)17-8-2-4-11(14)16-6-8/h1-6H,(H,17,18). The lowest BCUT2D eigenvalue weighted by molar-refractivity contribution is 0.102. The van der Waals surface area contributed by atoms with E-state index in [-0.39, 0.29) is 10.4 Å². The zero-order valence-corrected chi connectivity index (χ0v) is 11.3. The maximum absolute atomic E-state index is 13.0. The van der Waals surface area contributed by atoms with Gasteiger partial charge in [-0.3, -0.25) is 4.79 Å². The Kier molecular flexibility index (Phi) is 3.93. The van der Waals surface area contributed by atoms with Gasteiger partial charge in [0, 0.05) is 5.56 Å². The molecule has 1 aromatic heterocycles. The summed E-state index contributed by atoms with van der Waals surface area (Å²) >= 11 is 8.66. The smallest absolute Gasteiger partial charge is 0.255 e. The molecule has 0 spiro atoms. The molecule has 3 nitrogen and oxygen atoms in total. The van der Waals surface area contributed by atoms with Crippen LogP contribution < -0.4 is 5.32 Å². The van der Waals surface area contributed by atoms with E-state index in [1.165, 1.54) is 24.4 Å². The Bertz CT molecular complexity index is 589. The van der Waals surface area contributed by atoms with Crippen LogP contribution in [0.2, 0.25) is 5.15 Å². The lowest BCUT2D eigenvalue weighted by Crippen LogP contribution is -2.12. The first-order valence-electron chi connectivity index (χ1n) is 4.94. The third-order valence-corrected chi connectivity index (χ3v) is 3.00. The monoisotopic (exact) mass is 328 g/mol. The number of hydrogen-bond donors (Lipinski definition) is 1. The largest absolute Gasteiger partial charge is 0.321 e. The topological polar surface area (TPSA) is 42.0 Å². The molecule has 18 heavy (non-hydrogen) atoms. The van der Waals surface area contributed by atoms with Gasteiger partial charge in [0.2, 0.25) is 0 Å². The minimum atomic E-state index is -0.417. The average Bonchev–Trinajstić information content (AvgIpc) is 2.35. The van der Waals surface area contributed by atoms with Gasteiger partial charge in [0.1, 0.15) is 11.0 Å². The number of nitrogens with zero attached hydrogens (tertiary/aromatic N) is 1. The zero-order valence-electron chi connectivity index (χ0n) is 8.95. The number of pyridine rings is 1. The van der Waals surface area contributed by atoms with Crippen molar-refractivity contribution in [3.63, 3.8) is 0 Å². The summed E-state index contributed by atoms with van der Waals surface area (Å²) in [5.41, 5.74) is 0.864. The molecule has 0 bridgehead atoms. The minimum absolute atomic E-state index is 0.240. The summed E-state index contributed by atoms with van der Waals surface area (Å²) < 4.78 is 13.3. The summed E-state index contributed by atoms with van der Waals surface area (Å²) in [6, 6.07) is 7.23. The Balaban J connectivity index is 2.16. The molecular weight excluding hydrogens is 322 g/mol. The second-order valence-corrected chi connectivity index (χ2v) is 4.69. The van der Waals surface area contributed by atoms with E-state index in [0.29, 0.717) is 16.4 Å². The molecule has 92 valence electrons. The van der Waals surface area contributed by atoms with Crippen molar-refractivity contribution in [1.82, 2.24) is 4.98 Å². The molecule has 0 saturated heterocycles. The van der Waals surface area contributed by atoms with E-state index in [1.54, 1.807) is 12.1 Å². The van der Waals surface area contributed by atoms with Crippen molar-refractivity contribution in [3.05, 3.63) is 57.5 Å². The summed E-state index contributed by atoms with van der Waals surface area (Å²) in [6.07, 6.45) is 1.44. The van der Waals surface area contributed by atoms with Gasteiger partial charge in [0.15, 0.2) is 0 Å². The third kappa shape index (κ3) is 3.05. The Morgan fingerprint density at radius 2 is 2.11 bits per heavy atom. The molecule has 1 N–H and O–H groups in total. The molecule has 6 heteroatoms. The molecule has 1 heterocycles. The molecule has 0 fully saturated rings. The van der Waals surface area contributed by atoms with E-state index in [2.05, 4.69) is 26.2 Å². The van der Waals surface area contributed by atoms with E-state index in [0.717, 1.165) is 0 Å². The second-order valence-electron chi connectivity index (χ2n) is 3.45. The number of carbonyl (C=O) groups is 1. The number of halogens is 3. The lowest BCUT2D eigenvalue weighted by Gasteiger charge is -2.05. The number of carbonyl (C=O) groups excluding carboxylic acids is 1. The van der Waals surface area contributed by atoms with Crippen molar-refractivity contribution in [2.75, 3.05) is 5.32 Å². The summed E-state index contributed by atoms with van der Waals surface area (Å²) in [5.74, 6) is -0.764. The first-order valence-corrected chi connectivity index (χ1v) is 6.11. The number of benzene rings is 1. The number of nitrogens with one attached hydrogen (secondary N) is 1. The SMILES string of the molecule is O=C(Nc1ccc(Cl)nc1)c1ccc(F)c(Br)c1. The van der Waals surface area contributed by atoms with E-state index in [4.69, 9.17) is 11.6 Å². The normalized spacial score (nSPS) is 10.2. The lowest BCUT2D eigenvalue weighted by atomic mass is 10.2. The van der Waals surface area contributed by atoms with Crippen LogP contribution in [0.4, 0.5) is 10.1 Å². The number of rotatable bonds is 2. The summed E-state index contributed by atoms with van der Waals surface area (Å²) in [4.78, 5) is 15.7. The molecule has 2 rings (SSSR count). The van der Waals surface area contributed by atoms with Crippen molar-refractivity contribution in [1.29, 1.82) is 0 Å². The van der Waals surface area contributed by atoms with E-state index in [9.17, 15) is 9.18 Å². The fraction of sp³-hybridized carbons (Fsp3) is 0. The van der Waals surface area contributed by atoms with Gasteiger partial charge in [-0.05, 0) is 46.3 Å². The predicted molar refractivity (Wildman–Crippen MR) is 71.3 cm³/mol. The third-order valence-electron chi connectivity index (χ3n) is 2.17. The van der Waals surface area contributed by atoms with Gasteiger partial charge < -0.3 is 5.32 Å². The predicted octanol–water partition coefficient (Wildman–Crippen LogP) is 3.89. The van der Waals surface area contributed by atoms with Gasteiger partial charge in [0.05, 0.1) is 16.4 Å². The van der Waals surface area contributed by atoms with Gasteiger partial charge in [-0.2, -0.15) is 0 Å². The summed E-state index contributed by atoms with van der Waals surface area (Å²) in [6.45, 7) is 0. The molecular formula is C12H7BrClFN2O. The molecule has 1 amide bonds. The van der Waals surface area contributed by atoms with E-state index < -0.39 is 5.82 Å². The maximum atomic E-state index is 13.0. The van der Waals surface area contributed by atoms with Crippen LogP contribution in [0, 0.1) is 5.82 Å². The van der Waals surface area contributed by atoms with Crippen LogP contribution in [0.5, 0.6) is 0 Å². The summed E-state index contributed by atoms with van der Waals surface area (Å²) in [5, 5.41) is 2.97. The second kappa shape index (κ2) is 5.46. The quantitative estimate of drug-likeness (QED) is 0.849. The number of anilines is 1. The molecule has 1 aromatic carbocycles. The average molecular weight is 330 g/mol.